The van der Waals surface area contributed by atoms with Gasteiger partial charge in [-0.1, -0.05) is 91.0 Å². The number of hydrogen-bond acceptors (Lipinski definition) is 5. The zero-order chi connectivity index (χ0) is 26.0. The highest BCUT2D eigenvalue weighted by atomic mass is 15.0. The van der Waals surface area contributed by atoms with E-state index in [9.17, 15) is 0 Å². The second kappa shape index (κ2) is 9.76. The molecular formula is C33H22N6. The number of benzene rings is 3. The molecule has 0 aliphatic rings. The van der Waals surface area contributed by atoms with Crippen molar-refractivity contribution in [2.24, 2.45) is 0 Å². The minimum Gasteiger partial charge on any atom is -0.299 e. The molecule has 6 heteroatoms. The highest BCUT2D eigenvalue weighted by Crippen LogP contribution is 2.34. The topological polar surface area (TPSA) is 68.9 Å². The third kappa shape index (κ3) is 4.34. The van der Waals surface area contributed by atoms with E-state index in [0.717, 1.165) is 45.0 Å². The van der Waals surface area contributed by atoms with Gasteiger partial charge in [-0.15, -0.1) is 0 Å². The van der Waals surface area contributed by atoms with E-state index in [-0.39, 0.29) is 0 Å². The molecule has 0 spiro atoms. The fraction of sp³-hybridized carbons (Fsp3) is 0. The molecule has 184 valence electrons. The first kappa shape index (κ1) is 22.7. The van der Waals surface area contributed by atoms with E-state index >= 15 is 0 Å². The summed E-state index contributed by atoms with van der Waals surface area (Å²) >= 11 is 0. The van der Waals surface area contributed by atoms with Crippen LogP contribution in [0.25, 0.3) is 62.5 Å². The Bertz CT molecular complexity index is 1840. The molecule has 7 aromatic rings. The van der Waals surface area contributed by atoms with E-state index in [1.807, 2.05) is 115 Å². The molecule has 0 fully saturated rings. The number of pyridine rings is 2. The average molecular weight is 503 g/mol. The van der Waals surface area contributed by atoms with Crippen LogP contribution in [0.5, 0.6) is 0 Å². The molecule has 0 saturated carbocycles. The van der Waals surface area contributed by atoms with Crippen molar-refractivity contribution < 1.29 is 0 Å². The molecule has 6 nitrogen and oxygen atoms in total. The van der Waals surface area contributed by atoms with Gasteiger partial charge in [-0.3, -0.25) is 9.38 Å². The maximum Gasteiger partial charge on any atom is 0.164 e. The van der Waals surface area contributed by atoms with Gasteiger partial charge in [-0.25, -0.2) is 19.9 Å². The van der Waals surface area contributed by atoms with Crippen molar-refractivity contribution in [2.45, 2.75) is 0 Å². The fourth-order valence-corrected chi connectivity index (χ4v) is 4.70. The lowest BCUT2D eigenvalue weighted by Gasteiger charge is -2.10. The highest BCUT2D eigenvalue weighted by molar-refractivity contribution is 5.82. The van der Waals surface area contributed by atoms with Gasteiger partial charge in [0.25, 0.3) is 0 Å². The van der Waals surface area contributed by atoms with Gasteiger partial charge in [0.15, 0.2) is 17.5 Å². The molecule has 0 atom stereocenters. The van der Waals surface area contributed by atoms with E-state index in [1.165, 1.54) is 0 Å². The lowest BCUT2D eigenvalue weighted by molar-refractivity contribution is 1.07. The number of fused-ring (bicyclic) bond motifs is 1. The SMILES string of the molecule is c1ccc(-c2nc(-c3ccccc3)nc(-c3cccc(-c4c(-c5ccccn5)nc5ccccn45)c3)n2)cc1. The number of nitrogens with zero attached hydrogens (tertiary/aromatic N) is 6. The van der Waals surface area contributed by atoms with Crippen LogP contribution < -0.4 is 0 Å². The quantitative estimate of drug-likeness (QED) is 0.248. The predicted octanol–water partition coefficient (Wildman–Crippen LogP) is 7.25. The van der Waals surface area contributed by atoms with Gasteiger partial charge in [0.2, 0.25) is 0 Å². The molecule has 0 saturated heterocycles. The summed E-state index contributed by atoms with van der Waals surface area (Å²) in [7, 11) is 0. The third-order valence-corrected chi connectivity index (χ3v) is 6.53. The standard InChI is InChI=1S/C33H22N6/c1-3-12-23(13-4-1)31-36-32(24-14-5-2-6-15-24)38-33(37-31)26-17-11-16-25(22-26)30-29(27-18-7-9-20-34-27)35-28-19-8-10-21-39(28)30/h1-22H. The molecule has 0 amide bonds. The summed E-state index contributed by atoms with van der Waals surface area (Å²) in [5, 5.41) is 0. The Morgan fingerprint density at radius 1 is 0.462 bits per heavy atom. The summed E-state index contributed by atoms with van der Waals surface area (Å²) in [6.07, 6.45) is 3.82. The van der Waals surface area contributed by atoms with E-state index in [4.69, 9.17) is 19.9 Å². The number of imidazole rings is 1. The molecule has 0 unspecified atom stereocenters. The van der Waals surface area contributed by atoms with Crippen molar-refractivity contribution >= 4 is 5.65 Å². The largest absolute Gasteiger partial charge is 0.299 e. The van der Waals surface area contributed by atoms with E-state index < -0.39 is 0 Å². The molecule has 0 radical (unpaired) electrons. The van der Waals surface area contributed by atoms with Gasteiger partial charge in [0.05, 0.1) is 11.4 Å². The van der Waals surface area contributed by atoms with E-state index in [2.05, 4.69) is 21.5 Å². The van der Waals surface area contributed by atoms with Gasteiger partial charge in [-0.2, -0.15) is 0 Å². The number of aromatic nitrogens is 6. The van der Waals surface area contributed by atoms with Crippen molar-refractivity contribution in [3.8, 4) is 56.8 Å². The second-order valence-electron chi connectivity index (χ2n) is 9.07. The van der Waals surface area contributed by atoms with Gasteiger partial charge in [0, 0.05) is 34.6 Å². The number of hydrogen-bond donors (Lipinski definition) is 0. The molecule has 7 rings (SSSR count). The zero-order valence-corrected chi connectivity index (χ0v) is 20.9. The minimum atomic E-state index is 0.609. The minimum absolute atomic E-state index is 0.609. The number of rotatable bonds is 5. The average Bonchev–Trinajstić information content (AvgIpc) is 3.42. The van der Waals surface area contributed by atoms with Gasteiger partial charge in [-0.05, 0) is 30.3 Å². The summed E-state index contributed by atoms with van der Waals surface area (Å²) in [4.78, 5) is 24.2. The Labute approximate surface area is 225 Å². The fourth-order valence-electron chi connectivity index (χ4n) is 4.70. The Morgan fingerprint density at radius 2 is 1.05 bits per heavy atom. The van der Waals surface area contributed by atoms with E-state index in [0.29, 0.717) is 17.5 Å². The maximum atomic E-state index is 4.93. The van der Waals surface area contributed by atoms with Crippen LogP contribution in [0.3, 0.4) is 0 Å². The molecule has 0 N–H and O–H groups in total. The van der Waals surface area contributed by atoms with Crippen molar-refractivity contribution in [1.29, 1.82) is 0 Å². The lowest BCUT2D eigenvalue weighted by atomic mass is 10.0. The van der Waals surface area contributed by atoms with Crippen LogP contribution in [-0.4, -0.2) is 29.3 Å². The van der Waals surface area contributed by atoms with Crippen LogP contribution in [0.15, 0.2) is 134 Å². The summed E-state index contributed by atoms with van der Waals surface area (Å²) in [6.45, 7) is 0. The molecule has 0 aliphatic carbocycles. The van der Waals surface area contributed by atoms with E-state index in [1.54, 1.807) is 6.20 Å². The molecule has 0 aliphatic heterocycles. The molecule has 39 heavy (non-hydrogen) atoms. The highest BCUT2D eigenvalue weighted by Gasteiger charge is 2.18. The van der Waals surface area contributed by atoms with Crippen LogP contribution in [0.1, 0.15) is 0 Å². The van der Waals surface area contributed by atoms with Crippen LogP contribution in [0.4, 0.5) is 0 Å². The first-order valence-electron chi connectivity index (χ1n) is 12.7. The Morgan fingerprint density at radius 3 is 1.72 bits per heavy atom. The maximum absolute atomic E-state index is 4.93. The molecule has 0 bridgehead atoms. The summed E-state index contributed by atoms with van der Waals surface area (Å²) < 4.78 is 2.10. The normalized spacial score (nSPS) is 11.1. The smallest absolute Gasteiger partial charge is 0.164 e. The van der Waals surface area contributed by atoms with Crippen molar-refractivity contribution in [3.63, 3.8) is 0 Å². The molecule has 4 aromatic heterocycles. The van der Waals surface area contributed by atoms with Gasteiger partial charge in [0.1, 0.15) is 11.3 Å². The van der Waals surface area contributed by atoms with Crippen LogP contribution in [0.2, 0.25) is 0 Å². The first-order valence-corrected chi connectivity index (χ1v) is 12.7. The van der Waals surface area contributed by atoms with Crippen molar-refractivity contribution in [3.05, 3.63) is 134 Å². The summed E-state index contributed by atoms with van der Waals surface area (Å²) in [5.74, 6) is 1.88. The monoisotopic (exact) mass is 502 g/mol. The first-order chi connectivity index (χ1) is 19.3. The van der Waals surface area contributed by atoms with Crippen LogP contribution >= 0.6 is 0 Å². The lowest BCUT2D eigenvalue weighted by Crippen LogP contribution is -2.00. The molecular weight excluding hydrogens is 480 g/mol. The summed E-state index contributed by atoms with van der Waals surface area (Å²) in [5.41, 5.74) is 7.23. The molecule has 3 aromatic carbocycles. The second-order valence-corrected chi connectivity index (χ2v) is 9.07. The Hall–Kier alpha value is -5.49. The van der Waals surface area contributed by atoms with Crippen LogP contribution in [-0.2, 0) is 0 Å². The van der Waals surface area contributed by atoms with Crippen molar-refractivity contribution in [1.82, 2.24) is 29.3 Å². The zero-order valence-electron chi connectivity index (χ0n) is 20.9. The van der Waals surface area contributed by atoms with Crippen LogP contribution in [0, 0.1) is 0 Å². The Balaban J connectivity index is 1.42. The van der Waals surface area contributed by atoms with Gasteiger partial charge < -0.3 is 0 Å². The summed E-state index contributed by atoms with van der Waals surface area (Å²) in [6, 6.07) is 40.2. The van der Waals surface area contributed by atoms with Crippen molar-refractivity contribution in [2.75, 3.05) is 0 Å². The third-order valence-electron chi connectivity index (χ3n) is 6.53. The Kier molecular flexibility index (Phi) is 5.68. The van der Waals surface area contributed by atoms with Gasteiger partial charge >= 0.3 is 0 Å². The predicted molar refractivity (Wildman–Crippen MR) is 154 cm³/mol. The molecule has 4 heterocycles.